The van der Waals surface area contributed by atoms with Crippen LogP contribution in [0.25, 0.3) is 0 Å². The van der Waals surface area contributed by atoms with E-state index in [1.807, 2.05) is 23.1 Å². The summed E-state index contributed by atoms with van der Waals surface area (Å²) in [5.41, 5.74) is 1.74. The molecule has 2 atom stereocenters. The van der Waals surface area contributed by atoms with Gasteiger partial charge in [-0.2, -0.15) is 0 Å². The van der Waals surface area contributed by atoms with E-state index in [4.69, 9.17) is 23.9 Å². The second-order valence-corrected chi connectivity index (χ2v) is 8.41. The molecule has 10 heteroatoms. The molecule has 2 aromatic rings. The number of ether oxygens (including phenoxy) is 4. The van der Waals surface area contributed by atoms with Crippen molar-refractivity contribution in [2.45, 2.75) is 13.0 Å². The molecule has 0 aliphatic carbocycles. The van der Waals surface area contributed by atoms with Crippen molar-refractivity contribution < 1.29 is 28.5 Å². The van der Waals surface area contributed by atoms with Gasteiger partial charge >= 0.3 is 5.97 Å². The Hall–Kier alpha value is -3.95. The first-order chi connectivity index (χ1) is 17.5. The second kappa shape index (κ2) is 11.2. The topological polar surface area (TPSA) is 102 Å². The molecule has 0 saturated carbocycles. The van der Waals surface area contributed by atoms with E-state index in [1.165, 1.54) is 7.11 Å². The Kier molecular flexibility index (Phi) is 7.82. The molecule has 2 aliphatic rings. The van der Waals surface area contributed by atoms with Crippen LogP contribution in [0.3, 0.4) is 0 Å². The van der Waals surface area contributed by atoms with Crippen molar-refractivity contribution in [2.75, 3.05) is 59.0 Å². The van der Waals surface area contributed by atoms with E-state index in [0.717, 1.165) is 24.5 Å². The maximum absolute atomic E-state index is 13.2. The Morgan fingerprint density at radius 2 is 1.69 bits per heavy atom. The Labute approximate surface area is 210 Å². The number of esters is 1. The van der Waals surface area contributed by atoms with Gasteiger partial charge in [-0.25, -0.2) is 4.99 Å². The molecule has 4 rings (SSSR count). The van der Waals surface area contributed by atoms with Crippen molar-refractivity contribution in [2.24, 2.45) is 10.9 Å². The largest absolute Gasteiger partial charge is 0.497 e. The van der Waals surface area contributed by atoms with Gasteiger partial charge in [0.25, 0.3) is 0 Å². The molecule has 1 saturated heterocycles. The molecule has 0 bridgehead atoms. The summed E-state index contributed by atoms with van der Waals surface area (Å²) in [5.74, 6) is 0.144. The normalized spacial score (nSPS) is 19.8. The number of piperazine rings is 1. The average Bonchev–Trinajstić information content (AvgIpc) is 2.92. The van der Waals surface area contributed by atoms with Gasteiger partial charge in [-0.3, -0.25) is 14.9 Å². The third kappa shape index (κ3) is 5.17. The van der Waals surface area contributed by atoms with E-state index >= 15 is 0 Å². The van der Waals surface area contributed by atoms with Crippen molar-refractivity contribution in [3.8, 4) is 17.2 Å². The number of carbonyl (C=O) groups excluding carboxylic acids is 2. The summed E-state index contributed by atoms with van der Waals surface area (Å²) in [5, 5.41) is 2.84. The number of nitrogens with zero attached hydrogens (tertiary/aromatic N) is 3. The quantitative estimate of drug-likeness (QED) is 0.460. The van der Waals surface area contributed by atoms with Crippen LogP contribution in [0.1, 0.15) is 18.5 Å². The van der Waals surface area contributed by atoms with Crippen molar-refractivity contribution in [1.29, 1.82) is 0 Å². The number of rotatable bonds is 7. The fourth-order valence-corrected chi connectivity index (χ4v) is 4.49. The van der Waals surface area contributed by atoms with Crippen LogP contribution in [-0.4, -0.2) is 76.9 Å². The second-order valence-electron chi connectivity index (χ2n) is 8.41. The number of hydrogen-bond donors (Lipinski definition) is 1. The zero-order chi connectivity index (χ0) is 25.7. The number of nitrogens with one attached hydrogen (secondary N) is 1. The van der Waals surface area contributed by atoms with Crippen LogP contribution in [0.4, 0.5) is 5.69 Å². The van der Waals surface area contributed by atoms with Crippen LogP contribution >= 0.6 is 0 Å². The standard InChI is InChI=1S/C26H32N4O6/c1-5-36-25(32)22-23(17-9-10-20(34-3)21(15-17)35-4)27-26(28-24(22)31)30-13-11-29(12-14-30)18-7-6-8-19(16-18)33-2/h6-10,15-16,22-23H,5,11-14H2,1-4H3,(H,27,28,31)/t22-,23+/m0/s1. The van der Waals surface area contributed by atoms with E-state index in [0.29, 0.717) is 36.1 Å². The van der Waals surface area contributed by atoms with Crippen molar-refractivity contribution in [3.05, 3.63) is 48.0 Å². The zero-order valence-electron chi connectivity index (χ0n) is 21.0. The number of carbonyl (C=O) groups is 2. The summed E-state index contributed by atoms with van der Waals surface area (Å²) in [6.07, 6.45) is 0. The van der Waals surface area contributed by atoms with E-state index in [-0.39, 0.29) is 6.61 Å². The highest BCUT2D eigenvalue weighted by atomic mass is 16.5. The molecule has 10 nitrogen and oxygen atoms in total. The first-order valence-electron chi connectivity index (χ1n) is 11.9. The van der Waals surface area contributed by atoms with Gasteiger partial charge in [0.15, 0.2) is 17.4 Å². The molecule has 1 N–H and O–H groups in total. The Bertz CT molecular complexity index is 1130. The van der Waals surface area contributed by atoms with E-state index in [2.05, 4.69) is 16.3 Å². The minimum absolute atomic E-state index is 0.171. The Balaban J connectivity index is 1.59. The lowest BCUT2D eigenvalue weighted by Crippen LogP contribution is -2.57. The summed E-state index contributed by atoms with van der Waals surface area (Å²) >= 11 is 0. The summed E-state index contributed by atoms with van der Waals surface area (Å²) in [4.78, 5) is 35.1. The first kappa shape index (κ1) is 25.2. The van der Waals surface area contributed by atoms with E-state index in [9.17, 15) is 9.59 Å². The van der Waals surface area contributed by atoms with E-state index in [1.54, 1.807) is 39.3 Å². The molecular formula is C26H32N4O6. The molecule has 0 spiro atoms. The van der Waals surface area contributed by atoms with Gasteiger partial charge in [0.1, 0.15) is 11.8 Å². The molecule has 0 aromatic heterocycles. The molecule has 36 heavy (non-hydrogen) atoms. The molecule has 1 amide bonds. The summed E-state index contributed by atoms with van der Waals surface area (Å²) < 4.78 is 21.3. The molecule has 2 aliphatic heterocycles. The summed E-state index contributed by atoms with van der Waals surface area (Å²) in [7, 11) is 4.74. The van der Waals surface area contributed by atoms with Gasteiger partial charge in [-0.1, -0.05) is 12.1 Å². The third-order valence-corrected chi connectivity index (χ3v) is 6.38. The van der Waals surface area contributed by atoms with Crippen molar-refractivity contribution in [3.63, 3.8) is 0 Å². The fourth-order valence-electron chi connectivity index (χ4n) is 4.49. The van der Waals surface area contributed by atoms with Gasteiger partial charge in [-0.05, 0) is 36.8 Å². The highest BCUT2D eigenvalue weighted by molar-refractivity contribution is 6.08. The van der Waals surface area contributed by atoms with Gasteiger partial charge in [-0.15, -0.1) is 0 Å². The molecular weight excluding hydrogens is 464 g/mol. The molecule has 0 unspecified atom stereocenters. The lowest BCUT2D eigenvalue weighted by molar-refractivity contribution is -0.153. The highest BCUT2D eigenvalue weighted by Gasteiger charge is 2.42. The number of guanidine groups is 1. The molecule has 192 valence electrons. The lowest BCUT2D eigenvalue weighted by atomic mass is 9.91. The average molecular weight is 497 g/mol. The number of methoxy groups -OCH3 is 3. The number of amides is 1. The molecule has 1 fully saturated rings. The maximum Gasteiger partial charge on any atom is 0.321 e. The van der Waals surface area contributed by atoms with Gasteiger partial charge in [0, 0.05) is 37.9 Å². The Morgan fingerprint density at radius 3 is 2.36 bits per heavy atom. The van der Waals surface area contributed by atoms with Crippen molar-refractivity contribution >= 4 is 23.5 Å². The van der Waals surface area contributed by atoms with Crippen LogP contribution in [0.5, 0.6) is 17.2 Å². The van der Waals surface area contributed by atoms with Crippen LogP contribution in [-0.2, 0) is 14.3 Å². The van der Waals surface area contributed by atoms with Gasteiger partial charge < -0.3 is 28.7 Å². The van der Waals surface area contributed by atoms with Gasteiger partial charge in [0.2, 0.25) is 11.9 Å². The Morgan fingerprint density at radius 1 is 0.972 bits per heavy atom. The smallest absolute Gasteiger partial charge is 0.321 e. The lowest BCUT2D eigenvalue weighted by Gasteiger charge is -2.39. The molecule has 2 aromatic carbocycles. The summed E-state index contributed by atoms with van der Waals surface area (Å²) in [6.45, 7) is 4.66. The van der Waals surface area contributed by atoms with Crippen LogP contribution in [0, 0.1) is 5.92 Å². The monoisotopic (exact) mass is 496 g/mol. The van der Waals surface area contributed by atoms with Gasteiger partial charge in [0.05, 0.1) is 27.9 Å². The van der Waals surface area contributed by atoms with Crippen LogP contribution in [0.15, 0.2) is 47.5 Å². The van der Waals surface area contributed by atoms with Crippen molar-refractivity contribution in [1.82, 2.24) is 10.2 Å². The first-order valence-corrected chi connectivity index (χ1v) is 11.9. The fraction of sp³-hybridized carbons (Fsp3) is 0.423. The minimum Gasteiger partial charge on any atom is -0.497 e. The maximum atomic E-state index is 13.2. The van der Waals surface area contributed by atoms with Crippen LogP contribution < -0.4 is 24.4 Å². The summed E-state index contributed by atoms with van der Waals surface area (Å²) in [6, 6.07) is 12.5. The molecule has 0 radical (unpaired) electrons. The predicted molar refractivity (Wildman–Crippen MR) is 135 cm³/mol. The number of hydrogen-bond acceptors (Lipinski definition) is 9. The van der Waals surface area contributed by atoms with E-state index < -0.39 is 23.8 Å². The van der Waals surface area contributed by atoms with Crippen LogP contribution in [0.2, 0.25) is 0 Å². The number of benzene rings is 2. The third-order valence-electron chi connectivity index (χ3n) is 6.38. The number of anilines is 1. The highest BCUT2D eigenvalue weighted by Crippen LogP contribution is 2.36. The predicted octanol–water partition coefficient (Wildman–Crippen LogP) is 2.24. The zero-order valence-corrected chi connectivity index (χ0v) is 21.0. The number of aliphatic imine (C=N–C) groups is 1. The SMILES string of the molecule is CCOC(=O)[C@@H]1C(=O)NC(N2CCN(c3cccc(OC)c3)CC2)=N[C@@H]1c1ccc(OC)c(OC)c1. The minimum atomic E-state index is -1.11. The molecule has 2 heterocycles.